The maximum absolute atomic E-state index is 12.0. The molecular weight excluding hydrogens is 402 g/mol. The van der Waals surface area contributed by atoms with Crippen LogP contribution >= 0.6 is 11.6 Å². The number of benzene rings is 3. The summed E-state index contributed by atoms with van der Waals surface area (Å²) in [7, 11) is 0. The van der Waals surface area contributed by atoms with Crippen LogP contribution in [0, 0.1) is 10.1 Å². The van der Waals surface area contributed by atoms with Crippen LogP contribution in [0.15, 0.2) is 73.1 Å². The Morgan fingerprint density at radius 1 is 1.03 bits per heavy atom. The molecule has 0 aliphatic heterocycles. The lowest BCUT2D eigenvalue weighted by Crippen LogP contribution is -2.20. The third-order valence-electron chi connectivity index (χ3n) is 4.72. The molecule has 0 bridgehead atoms. The molecule has 0 aliphatic carbocycles. The van der Waals surface area contributed by atoms with Crippen LogP contribution in [-0.2, 0) is 0 Å². The van der Waals surface area contributed by atoms with Crippen LogP contribution in [0.2, 0.25) is 5.02 Å². The largest absolute Gasteiger partial charge is 0.354 e. The summed E-state index contributed by atoms with van der Waals surface area (Å²) in [5.41, 5.74) is 1.29. The van der Waals surface area contributed by atoms with E-state index in [2.05, 4.69) is 15.3 Å². The number of nitrogens with zero attached hydrogens (tertiary/aromatic N) is 4. The number of hydrogen-bond acceptors (Lipinski definition) is 6. The standard InChI is InChI=1S/C22H18ClN5O2/c1-2-27(19-9-5-7-15-6-3-4-8-18(15)19)22-20(28(29)30)21(24-14-25-22)26-17-12-10-16(23)11-13-17/h3-14H,2H2,1H3,(H,24,25,26). The van der Waals surface area contributed by atoms with Crippen LogP contribution in [0.4, 0.5) is 28.7 Å². The highest BCUT2D eigenvalue weighted by Crippen LogP contribution is 2.39. The van der Waals surface area contributed by atoms with Crippen molar-refractivity contribution in [3.63, 3.8) is 0 Å². The average molecular weight is 420 g/mol. The zero-order valence-electron chi connectivity index (χ0n) is 16.1. The van der Waals surface area contributed by atoms with Gasteiger partial charge in [0.1, 0.15) is 6.33 Å². The van der Waals surface area contributed by atoms with Gasteiger partial charge in [0.2, 0.25) is 11.6 Å². The summed E-state index contributed by atoms with van der Waals surface area (Å²) in [4.78, 5) is 21.8. The zero-order chi connectivity index (χ0) is 21.1. The fourth-order valence-corrected chi connectivity index (χ4v) is 3.50. The van der Waals surface area contributed by atoms with Gasteiger partial charge in [-0.2, -0.15) is 0 Å². The lowest BCUT2D eigenvalue weighted by Gasteiger charge is -2.24. The molecule has 0 radical (unpaired) electrons. The van der Waals surface area contributed by atoms with E-state index in [0.717, 1.165) is 16.5 Å². The summed E-state index contributed by atoms with van der Waals surface area (Å²) in [6.07, 6.45) is 1.33. The van der Waals surface area contributed by atoms with Crippen LogP contribution in [0.3, 0.4) is 0 Å². The zero-order valence-corrected chi connectivity index (χ0v) is 16.9. The number of aromatic nitrogens is 2. The molecule has 0 saturated carbocycles. The van der Waals surface area contributed by atoms with E-state index in [9.17, 15) is 10.1 Å². The number of rotatable bonds is 6. The molecule has 0 aliphatic rings. The first-order valence-corrected chi connectivity index (χ1v) is 9.73. The summed E-state index contributed by atoms with van der Waals surface area (Å²) in [5, 5.41) is 17.7. The van der Waals surface area contributed by atoms with Crippen LogP contribution in [0.25, 0.3) is 10.8 Å². The third-order valence-corrected chi connectivity index (χ3v) is 4.97. The number of fused-ring (bicyclic) bond motifs is 1. The van der Waals surface area contributed by atoms with Crippen molar-refractivity contribution < 1.29 is 4.92 Å². The van der Waals surface area contributed by atoms with Gasteiger partial charge in [0, 0.05) is 22.6 Å². The van der Waals surface area contributed by atoms with Gasteiger partial charge in [-0.1, -0.05) is 48.0 Å². The molecule has 4 aromatic rings. The van der Waals surface area contributed by atoms with Crippen molar-refractivity contribution in [2.75, 3.05) is 16.8 Å². The molecule has 0 unspecified atom stereocenters. The Labute approximate surface area is 178 Å². The van der Waals surface area contributed by atoms with Crippen LogP contribution in [0.5, 0.6) is 0 Å². The number of nitro groups is 1. The average Bonchev–Trinajstić information content (AvgIpc) is 2.76. The van der Waals surface area contributed by atoms with E-state index in [0.29, 0.717) is 17.3 Å². The predicted octanol–water partition coefficient (Wildman–Crippen LogP) is 6.09. The summed E-state index contributed by atoms with van der Waals surface area (Å²) in [6.45, 7) is 2.42. The Morgan fingerprint density at radius 3 is 2.50 bits per heavy atom. The van der Waals surface area contributed by atoms with E-state index in [-0.39, 0.29) is 17.3 Å². The third kappa shape index (κ3) is 3.75. The number of nitrogens with one attached hydrogen (secondary N) is 1. The fraction of sp³-hybridized carbons (Fsp3) is 0.0909. The van der Waals surface area contributed by atoms with Crippen molar-refractivity contribution in [2.24, 2.45) is 0 Å². The quantitative estimate of drug-likeness (QED) is 0.300. The smallest absolute Gasteiger partial charge is 0.334 e. The highest BCUT2D eigenvalue weighted by atomic mass is 35.5. The van der Waals surface area contributed by atoms with Crippen LogP contribution in [0.1, 0.15) is 6.92 Å². The lowest BCUT2D eigenvalue weighted by atomic mass is 10.1. The van der Waals surface area contributed by atoms with Gasteiger partial charge in [-0.3, -0.25) is 10.1 Å². The molecule has 0 amide bonds. The Bertz CT molecular complexity index is 1210. The first kappa shape index (κ1) is 19.6. The van der Waals surface area contributed by atoms with Gasteiger partial charge in [-0.15, -0.1) is 0 Å². The van der Waals surface area contributed by atoms with Gasteiger partial charge in [-0.25, -0.2) is 9.97 Å². The van der Waals surface area contributed by atoms with Crippen molar-refractivity contribution in [1.82, 2.24) is 9.97 Å². The summed E-state index contributed by atoms with van der Waals surface area (Å²) in [5.74, 6) is 0.344. The second-order valence-electron chi connectivity index (χ2n) is 6.53. The molecule has 1 aromatic heterocycles. The Kier molecular flexibility index (Phi) is 5.45. The molecule has 0 spiro atoms. The van der Waals surface area contributed by atoms with Gasteiger partial charge >= 0.3 is 5.69 Å². The molecule has 30 heavy (non-hydrogen) atoms. The number of halogens is 1. The van der Waals surface area contributed by atoms with Crippen molar-refractivity contribution in [3.8, 4) is 0 Å². The second-order valence-corrected chi connectivity index (χ2v) is 6.96. The van der Waals surface area contributed by atoms with Crippen molar-refractivity contribution >= 4 is 51.1 Å². The molecule has 0 fully saturated rings. The first-order chi connectivity index (χ1) is 14.6. The lowest BCUT2D eigenvalue weighted by molar-refractivity contribution is -0.383. The summed E-state index contributed by atoms with van der Waals surface area (Å²) < 4.78 is 0. The summed E-state index contributed by atoms with van der Waals surface area (Å²) in [6, 6.07) is 20.6. The number of hydrogen-bond donors (Lipinski definition) is 1. The molecule has 1 heterocycles. The van der Waals surface area contributed by atoms with Crippen LogP contribution < -0.4 is 10.2 Å². The molecular formula is C22H18ClN5O2. The van der Waals surface area contributed by atoms with E-state index in [1.54, 1.807) is 24.3 Å². The SMILES string of the molecule is CCN(c1ncnc(Nc2ccc(Cl)cc2)c1[N+](=O)[O-])c1cccc2ccccc12. The van der Waals surface area contributed by atoms with E-state index in [4.69, 9.17) is 11.6 Å². The molecule has 8 heteroatoms. The van der Waals surface area contributed by atoms with Crippen molar-refractivity contribution in [2.45, 2.75) is 6.92 Å². The Morgan fingerprint density at radius 2 is 1.77 bits per heavy atom. The molecule has 4 rings (SSSR count). The highest BCUT2D eigenvalue weighted by molar-refractivity contribution is 6.30. The minimum absolute atomic E-state index is 0.117. The Hall–Kier alpha value is -3.71. The monoisotopic (exact) mass is 419 g/mol. The molecule has 1 N–H and O–H groups in total. The summed E-state index contributed by atoms with van der Waals surface area (Å²) >= 11 is 5.93. The van der Waals surface area contributed by atoms with Gasteiger partial charge in [0.15, 0.2) is 0 Å². The second kappa shape index (κ2) is 8.34. The fourth-order valence-electron chi connectivity index (χ4n) is 3.37. The number of anilines is 4. The van der Waals surface area contributed by atoms with E-state index < -0.39 is 4.92 Å². The first-order valence-electron chi connectivity index (χ1n) is 9.35. The normalized spacial score (nSPS) is 10.7. The topological polar surface area (TPSA) is 84.2 Å². The van der Waals surface area contributed by atoms with Crippen LogP contribution in [-0.4, -0.2) is 21.4 Å². The molecule has 0 saturated heterocycles. The Balaban J connectivity index is 1.84. The van der Waals surface area contributed by atoms with Gasteiger partial charge in [0.05, 0.1) is 10.6 Å². The van der Waals surface area contributed by atoms with E-state index in [1.165, 1.54) is 6.33 Å². The van der Waals surface area contributed by atoms with Gasteiger partial charge in [0.25, 0.3) is 0 Å². The molecule has 150 valence electrons. The maximum Gasteiger partial charge on any atom is 0.354 e. The van der Waals surface area contributed by atoms with E-state index >= 15 is 0 Å². The minimum atomic E-state index is -0.457. The predicted molar refractivity (Wildman–Crippen MR) is 120 cm³/mol. The minimum Gasteiger partial charge on any atom is -0.334 e. The van der Waals surface area contributed by atoms with E-state index in [1.807, 2.05) is 54.3 Å². The molecule has 7 nitrogen and oxygen atoms in total. The van der Waals surface area contributed by atoms with Gasteiger partial charge in [-0.05, 0) is 42.6 Å². The molecule has 3 aromatic carbocycles. The maximum atomic E-state index is 12.0. The highest BCUT2D eigenvalue weighted by Gasteiger charge is 2.28. The van der Waals surface area contributed by atoms with Gasteiger partial charge < -0.3 is 10.2 Å². The molecule has 0 atom stereocenters. The van der Waals surface area contributed by atoms with Crippen molar-refractivity contribution in [3.05, 3.63) is 88.2 Å². The van der Waals surface area contributed by atoms with Crippen molar-refractivity contribution in [1.29, 1.82) is 0 Å².